The van der Waals surface area contributed by atoms with Gasteiger partial charge in [-0.05, 0) is 58.6 Å². The summed E-state index contributed by atoms with van der Waals surface area (Å²) >= 11 is 6.78. The van der Waals surface area contributed by atoms with E-state index in [4.69, 9.17) is 0 Å². The Morgan fingerprint density at radius 3 is 2.50 bits per heavy atom. The van der Waals surface area contributed by atoms with Crippen LogP contribution >= 0.6 is 31.9 Å². The van der Waals surface area contributed by atoms with Crippen LogP contribution in [0.3, 0.4) is 0 Å². The van der Waals surface area contributed by atoms with Gasteiger partial charge in [-0.25, -0.2) is 0 Å². The van der Waals surface area contributed by atoms with Gasteiger partial charge < -0.3 is 5.11 Å². The zero-order chi connectivity index (χ0) is 14.7. The molecule has 5 heteroatoms. The molecule has 1 heterocycles. The smallest absolute Gasteiger partial charge is 0.312 e. The first-order valence-electron chi connectivity index (χ1n) is 6.06. The molecule has 1 N–H and O–H groups in total. The molecule has 0 aliphatic rings. The maximum Gasteiger partial charge on any atom is 0.312 e. The molecule has 3 nitrogen and oxygen atoms in total. The molecular weight excluding hydrogens is 386 g/mol. The third kappa shape index (κ3) is 3.67. The highest BCUT2D eigenvalue weighted by Gasteiger charge is 2.24. The lowest BCUT2D eigenvalue weighted by molar-refractivity contribution is -0.138. The number of pyridine rings is 1. The van der Waals surface area contributed by atoms with Gasteiger partial charge in [-0.2, -0.15) is 0 Å². The summed E-state index contributed by atoms with van der Waals surface area (Å²) in [4.78, 5) is 15.8. The lowest BCUT2D eigenvalue weighted by atomic mass is 9.95. The van der Waals surface area contributed by atoms with E-state index in [1.54, 1.807) is 6.20 Å². The van der Waals surface area contributed by atoms with Gasteiger partial charge in [0.2, 0.25) is 0 Å². The molecule has 1 unspecified atom stereocenters. The van der Waals surface area contributed by atoms with Gasteiger partial charge in [-0.3, -0.25) is 9.78 Å². The Balaban J connectivity index is 2.31. The summed E-state index contributed by atoms with van der Waals surface area (Å²) in [6.45, 7) is 1.92. The summed E-state index contributed by atoms with van der Waals surface area (Å²) in [5.41, 5.74) is 2.52. The maximum atomic E-state index is 11.5. The average molecular weight is 399 g/mol. The molecule has 1 aromatic carbocycles. The Bertz CT molecular complexity index is 626. The van der Waals surface area contributed by atoms with E-state index in [9.17, 15) is 9.90 Å². The van der Waals surface area contributed by atoms with E-state index in [0.717, 1.165) is 20.1 Å². The Morgan fingerprint density at radius 2 is 1.95 bits per heavy atom. The monoisotopic (exact) mass is 397 g/mol. The Labute approximate surface area is 134 Å². The SMILES string of the molecule is Cc1cnc(C(Cc2ccc(Br)cc2)C(=O)O)c(Br)c1. The number of carboxylic acids is 1. The van der Waals surface area contributed by atoms with E-state index >= 15 is 0 Å². The molecule has 104 valence electrons. The van der Waals surface area contributed by atoms with Crippen LogP contribution < -0.4 is 0 Å². The van der Waals surface area contributed by atoms with Crippen molar-refractivity contribution in [3.05, 3.63) is 62.3 Å². The number of hydrogen-bond acceptors (Lipinski definition) is 2. The molecule has 0 aliphatic carbocycles. The molecule has 2 rings (SSSR count). The zero-order valence-electron chi connectivity index (χ0n) is 10.8. The summed E-state index contributed by atoms with van der Waals surface area (Å²) in [6, 6.07) is 9.54. The normalized spacial score (nSPS) is 12.2. The minimum absolute atomic E-state index is 0.414. The maximum absolute atomic E-state index is 11.5. The molecule has 1 atom stereocenters. The van der Waals surface area contributed by atoms with Crippen molar-refractivity contribution in [3.8, 4) is 0 Å². The Kier molecular flexibility index (Phi) is 4.94. The van der Waals surface area contributed by atoms with Crippen molar-refractivity contribution in [3.63, 3.8) is 0 Å². The van der Waals surface area contributed by atoms with Crippen LogP contribution in [0.5, 0.6) is 0 Å². The van der Waals surface area contributed by atoms with E-state index in [1.165, 1.54) is 0 Å². The van der Waals surface area contributed by atoms with Gasteiger partial charge in [-0.15, -0.1) is 0 Å². The number of aromatic nitrogens is 1. The number of nitrogens with zero attached hydrogens (tertiary/aromatic N) is 1. The Hall–Kier alpha value is -1.20. The first-order valence-corrected chi connectivity index (χ1v) is 7.65. The lowest BCUT2D eigenvalue weighted by Gasteiger charge is -2.14. The van der Waals surface area contributed by atoms with Gasteiger partial charge in [0.25, 0.3) is 0 Å². The first-order chi connectivity index (χ1) is 9.47. The second-order valence-corrected chi connectivity index (χ2v) is 6.37. The number of carboxylic acid groups (broad SMARTS) is 1. The summed E-state index contributed by atoms with van der Waals surface area (Å²) in [5, 5.41) is 9.47. The third-order valence-electron chi connectivity index (χ3n) is 2.99. The van der Waals surface area contributed by atoms with Gasteiger partial charge in [-0.1, -0.05) is 28.1 Å². The van der Waals surface area contributed by atoms with Crippen LogP contribution in [0.2, 0.25) is 0 Å². The molecule has 0 amide bonds. The average Bonchev–Trinajstić information content (AvgIpc) is 2.39. The van der Waals surface area contributed by atoms with Gasteiger partial charge >= 0.3 is 5.97 Å². The molecule has 0 radical (unpaired) electrons. The van der Waals surface area contributed by atoms with Crippen LogP contribution in [-0.2, 0) is 11.2 Å². The van der Waals surface area contributed by atoms with Crippen LogP contribution in [0.1, 0.15) is 22.7 Å². The number of aliphatic carboxylic acids is 1. The van der Waals surface area contributed by atoms with E-state index in [2.05, 4.69) is 36.8 Å². The fourth-order valence-electron chi connectivity index (χ4n) is 1.96. The molecule has 20 heavy (non-hydrogen) atoms. The van der Waals surface area contributed by atoms with Crippen molar-refractivity contribution in [2.24, 2.45) is 0 Å². The van der Waals surface area contributed by atoms with Crippen molar-refractivity contribution in [1.82, 2.24) is 4.98 Å². The summed E-state index contributed by atoms with van der Waals surface area (Å²) in [6.07, 6.45) is 2.11. The lowest BCUT2D eigenvalue weighted by Crippen LogP contribution is -2.16. The van der Waals surface area contributed by atoms with E-state index in [-0.39, 0.29) is 0 Å². The number of carbonyl (C=O) groups is 1. The highest BCUT2D eigenvalue weighted by atomic mass is 79.9. The van der Waals surface area contributed by atoms with Crippen LogP contribution in [-0.4, -0.2) is 16.1 Å². The van der Waals surface area contributed by atoms with Gasteiger partial charge in [0.15, 0.2) is 0 Å². The molecule has 0 saturated heterocycles. The quantitative estimate of drug-likeness (QED) is 0.833. The highest BCUT2D eigenvalue weighted by molar-refractivity contribution is 9.10. The fraction of sp³-hybridized carbons (Fsp3) is 0.200. The van der Waals surface area contributed by atoms with Crippen molar-refractivity contribution < 1.29 is 9.90 Å². The second kappa shape index (κ2) is 6.50. The predicted molar refractivity (Wildman–Crippen MR) is 84.9 cm³/mol. The molecule has 0 saturated carbocycles. The van der Waals surface area contributed by atoms with Gasteiger partial charge in [0, 0.05) is 15.1 Å². The van der Waals surface area contributed by atoms with E-state index < -0.39 is 11.9 Å². The number of aryl methyl sites for hydroxylation is 1. The summed E-state index contributed by atoms with van der Waals surface area (Å²) in [5.74, 6) is -1.53. The van der Waals surface area contributed by atoms with Crippen LogP contribution in [0.4, 0.5) is 0 Å². The van der Waals surface area contributed by atoms with Crippen molar-refractivity contribution in [2.45, 2.75) is 19.3 Å². The summed E-state index contributed by atoms with van der Waals surface area (Å²) in [7, 11) is 0. The van der Waals surface area contributed by atoms with E-state index in [1.807, 2.05) is 37.3 Å². The number of hydrogen-bond donors (Lipinski definition) is 1. The fourth-order valence-corrected chi connectivity index (χ4v) is 2.96. The molecule has 0 aliphatic heterocycles. The van der Waals surface area contributed by atoms with Crippen LogP contribution in [0.15, 0.2) is 45.5 Å². The Morgan fingerprint density at radius 1 is 1.30 bits per heavy atom. The largest absolute Gasteiger partial charge is 0.481 e. The van der Waals surface area contributed by atoms with Crippen LogP contribution in [0, 0.1) is 6.92 Å². The number of rotatable bonds is 4. The number of benzene rings is 1. The van der Waals surface area contributed by atoms with Crippen LogP contribution in [0.25, 0.3) is 0 Å². The van der Waals surface area contributed by atoms with Gasteiger partial charge in [0.05, 0.1) is 5.69 Å². The minimum Gasteiger partial charge on any atom is -0.481 e. The topological polar surface area (TPSA) is 50.2 Å². The third-order valence-corrected chi connectivity index (χ3v) is 4.15. The molecule has 0 bridgehead atoms. The van der Waals surface area contributed by atoms with Crippen molar-refractivity contribution >= 4 is 37.8 Å². The first kappa shape index (κ1) is 15.2. The molecular formula is C15H13Br2NO2. The second-order valence-electron chi connectivity index (χ2n) is 4.60. The predicted octanol–water partition coefficient (Wildman–Crippen LogP) is 4.33. The standard InChI is InChI=1S/C15H13Br2NO2/c1-9-6-13(17)14(18-8-9)12(15(19)20)7-10-2-4-11(16)5-3-10/h2-6,8,12H,7H2,1H3,(H,19,20). The molecule has 0 fully saturated rings. The summed E-state index contributed by atoms with van der Waals surface area (Å²) < 4.78 is 1.71. The van der Waals surface area contributed by atoms with Gasteiger partial charge in [0.1, 0.15) is 5.92 Å². The zero-order valence-corrected chi connectivity index (χ0v) is 14.0. The van der Waals surface area contributed by atoms with Crippen molar-refractivity contribution in [1.29, 1.82) is 0 Å². The molecule has 0 spiro atoms. The number of halogens is 2. The van der Waals surface area contributed by atoms with E-state index in [0.29, 0.717) is 12.1 Å². The highest BCUT2D eigenvalue weighted by Crippen LogP contribution is 2.27. The molecule has 2 aromatic rings. The minimum atomic E-state index is -0.870. The van der Waals surface area contributed by atoms with Crippen molar-refractivity contribution in [2.75, 3.05) is 0 Å². The molecule has 1 aromatic heterocycles.